The van der Waals surface area contributed by atoms with Gasteiger partial charge >= 0.3 is 0 Å². The fourth-order valence-corrected chi connectivity index (χ4v) is 3.00. The first kappa shape index (κ1) is 7.48. The average molecular weight is 162 g/mol. The second-order valence-electron chi connectivity index (χ2n) is 2.20. The Hall–Kier alpha value is 0.370. The lowest BCUT2D eigenvalue weighted by atomic mass is 10.4. The summed E-state index contributed by atoms with van der Waals surface area (Å²) in [6.07, 6.45) is 5.34. The van der Waals surface area contributed by atoms with Gasteiger partial charge in [-0.15, -0.1) is 0 Å². The van der Waals surface area contributed by atoms with E-state index in [9.17, 15) is 4.79 Å². The fourth-order valence-electron chi connectivity index (χ4n) is 1.09. The maximum absolute atomic E-state index is 9.90. The summed E-state index contributed by atoms with van der Waals surface area (Å²) in [6.45, 7) is 0. The zero-order valence-corrected chi connectivity index (χ0v) is 6.84. The second-order valence-corrected chi connectivity index (χ2v) is 4.59. The van der Waals surface area contributed by atoms with Crippen LogP contribution in [0.25, 0.3) is 0 Å². The molecular formula is C6H10OS2. The van der Waals surface area contributed by atoms with Gasteiger partial charge in [-0.25, -0.2) is 0 Å². The molecule has 0 amide bonds. The minimum atomic E-state index is 0.764. The molecule has 0 aromatic rings. The first-order valence-corrected chi connectivity index (χ1v) is 5.47. The van der Waals surface area contributed by atoms with E-state index in [2.05, 4.69) is 0 Å². The van der Waals surface area contributed by atoms with Crippen LogP contribution >= 0.6 is 21.6 Å². The average Bonchev–Trinajstić information content (AvgIpc) is 2.34. The minimum Gasteiger partial charge on any atom is -0.290 e. The molecule has 0 aromatic heterocycles. The van der Waals surface area contributed by atoms with E-state index in [1.807, 2.05) is 0 Å². The van der Waals surface area contributed by atoms with Crippen LogP contribution in [0.1, 0.15) is 25.7 Å². The third-order valence-electron chi connectivity index (χ3n) is 1.53. The van der Waals surface area contributed by atoms with Crippen LogP contribution in [0, 0.1) is 0 Å². The fraction of sp³-hybridized carbons (Fsp3) is 0.833. The summed E-state index contributed by atoms with van der Waals surface area (Å²) >= 11 is 0. The predicted molar refractivity (Wildman–Crippen MR) is 44.2 cm³/mol. The van der Waals surface area contributed by atoms with Crippen molar-refractivity contribution in [1.82, 2.24) is 0 Å². The lowest BCUT2D eigenvalue weighted by Crippen LogP contribution is -1.89. The number of hydrogen-bond donors (Lipinski definition) is 0. The quantitative estimate of drug-likeness (QED) is 0.469. The molecule has 0 N–H and O–H groups in total. The van der Waals surface area contributed by atoms with Crippen molar-refractivity contribution in [3.63, 3.8) is 0 Å². The van der Waals surface area contributed by atoms with Gasteiger partial charge in [0.1, 0.15) is 0 Å². The van der Waals surface area contributed by atoms with Crippen LogP contribution in [-0.4, -0.2) is 10.9 Å². The van der Waals surface area contributed by atoms with Crippen LogP contribution in [-0.2, 0) is 4.79 Å². The molecule has 1 fully saturated rings. The van der Waals surface area contributed by atoms with E-state index >= 15 is 0 Å². The molecule has 0 bridgehead atoms. The van der Waals surface area contributed by atoms with Crippen molar-refractivity contribution in [3.05, 3.63) is 0 Å². The van der Waals surface area contributed by atoms with Gasteiger partial charge in [0, 0.05) is 5.25 Å². The first-order valence-electron chi connectivity index (χ1n) is 3.19. The molecule has 1 aliphatic carbocycles. The van der Waals surface area contributed by atoms with Crippen molar-refractivity contribution < 1.29 is 4.79 Å². The molecular weight excluding hydrogens is 152 g/mol. The Balaban J connectivity index is 2.04. The van der Waals surface area contributed by atoms with E-state index in [0.717, 1.165) is 10.9 Å². The van der Waals surface area contributed by atoms with E-state index in [-0.39, 0.29) is 0 Å². The second kappa shape index (κ2) is 4.23. The molecule has 52 valence electrons. The van der Waals surface area contributed by atoms with Gasteiger partial charge in [0.2, 0.25) is 0 Å². The molecule has 1 saturated carbocycles. The highest BCUT2D eigenvalue weighted by Crippen LogP contribution is 2.35. The Morgan fingerprint density at radius 3 is 2.56 bits per heavy atom. The SMILES string of the molecule is O=CSSC1CCCC1. The molecule has 0 unspecified atom stereocenters. The van der Waals surface area contributed by atoms with E-state index in [4.69, 9.17) is 0 Å². The summed E-state index contributed by atoms with van der Waals surface area (Å²) in [7, 11) is 3.07. The Morgan fingerprint density at radius 2 is 2.00 bits per heavy atom. The highest BCUT2D eigenvalue weighted by molar-refractivity contribution is 8.81. The van der Waals surface area contributed by atoms with Gasteiger partial charge in [-0.3, -0.25) is 4.79 Å². The third-order valence-corrected chi connectivity index (χ3v) is 3.85. The highest BCUT2D eigenvalue weighted by Gasteiger charge is 2.14. The molecule has 0 spiro atoms. The van der Waals surface area contributed by atoms with Gasteiger partial charge < -0.3 is 0 Å². The van der Waals surface area contributed by atoms with E-state index < -0.39 is 0 Å². The summed E-state index contributed by atoms with van der Waals surface area (Å²) in [5.41, 5.74) is 0.920. The Kier molecular flexibility index (Phi) is 3.51. The minimum absolute atomic E-state index is 0.764. The lowest BCUT2D eigenvalue weighted by Gasteiger charge is -2.01. The van der Waals surface area contributed by atoms with Crippen molar-refractivity contribution in [1.29, 1.82) is 0 Å². The van der Waals surface area contributed by atoms with Crippen LogP contribution in [0.15, 0.2) is 0 Å². The van der Waals surface area contributed by atoms with Crippen molar-refractivity contribution >= 4 is 27.2 Å². The molecule has 0 aliphatic heterocycles. The Morgan fingerprint density at radius 1 is 1.33 bits per heavy atom. The van der Waals surface area contributed by atoms with Gasteiger partial charge in [-0.1, -0.05) is 23.6 Å². The molecule has 1 nitrogen and oxygen atoms in total. The zero-order chi connectivity index (χ0) is 6.53. The van der Waals surface area contributed by atoms with Crippen molar-refractivity contribution in [2.75, 3.05) is 0 Å². The molecule has 0 atom stereocenters. The third kappa shape index (κ3) is 2.63. The zero-order valence-electron chi connectivity index (χ0n) is 5.21. The van der Waals surface area contributed by atoms with E-state index in [1.165, 1.54) is 36.5 Å². The highest BCUT2D eigenvalue weighted by atomic mass is 33.1. The number of rotatable bonds is 3. The summed E-state index contributed by atoms with van der Waals surface area (Å²) in [4.78, 5) is 9.90. The predicted octanol–water partition coefficient (Wildman–Crippen LogP) is 2.50. The number of carbonyl (C=O) groups excluding carboxylic acids is 1. The summed E-state index contributed by atoms with van der Waals surface area (Å²) in [6, 6.07) is 0. The van der Waals surface area contributed by atoms with Gasteiger partial charge in [0.05, 0.1) is 0 Å². The molecule has 0 aromatic carbocycles. The smallest absolute Gasteiger partial charge is 0.186 e. The standard InChI is InChI=1S/C6H10OS2/c7-5-8-9-6-3-1-2-4-6/h5-6H,1-4H2. The van der Waals surface area contributed by atoms with Crippen LogP contribution in [0.5, 0.6) is 0 Å². The summed E-state index contributed by atoms with van der Waals surface area (Å²) in [5, 5.41) is 0.764. The molecule has 0 saturated heterocycles. The topological polar surface area (TPSA) is 17.1 Å². The lowest BCUT2D eigenvalue weighted by molar-refractivity contribution is 0.570. The van der Waals surface area contributed by atoms with Crippen LogP contribution in [0.2, 0.25) is 0 Å². The largest absolute Gasteiger partial charge is 0.290 e. The van der Waals surface area contributed by atoms with Crippen LogP contribution in [0.3, 0.4) is 0 Å². The van der Waals surface area contributed by atoms with Crippen LogP contribution < -0.4 is 0 Å². The van der Waals surface area contributed by atoms with E-state index in [0.29, 0.717) is 0 Å². The maximum atomic E-state index is 9.90. The van der Waals surface area contributed by atoms with Crippen LogP contribution in [0.4, 0.5) is 0 Å². The van der Waals surface area contributed by atoms with Crippen molar-refractivity contribution in [2.45, 2.75) is 30.9 Å². The monoisotopic (exact) mass is 162 g/mol. The normalized spacial score (nSPS) is 20.4. The Labute approximate surface area is 63.4 Å². The Bertz CT molecular complexity index is 89.1. The number of carbonyl (C=O) groups is 1. The van der Waals surface area contributed by atoms with Crippen molar-refractivity contribution in [3.8, 4) is 0 Å². The van der Waals surface area contributed by atoms with Gasteiger partial charge in [-0.2, -0.15) is 0 Å². The summed E-state index contributed by atoms with van der Waals surface area (Å²) in [5.74, 6) is 0. The molecule has 1 aliphatic rings. The molecule has 9 heavy (non-hydrogen) atoms. The first-order chi connectivity index (χ1) is 4.43. The van der Waals surface area contributed by atoms with Crippen molar-refractivity contribution in [2.24, 2.45) is 0 Å². The van der Waals surface area contributed by atoms with E-state index in [1.54, 1.807) is 10.8 Å². The molecule has 0 radical (unpaired) electrons. The summed E-state index contributed by atoms with van der Waals surface area (Å²) < 4.78 is 0. The molecule has 1 rings (SSSR count). The molecule has 0 heterocycles. The van der Waals surface area contributed by atoms with Gasteiger partial charge in [-0.05, 0) is 23.6 Å². The molecule has 3 heteroatoms. The number of hydrogen-bond acceptors (Lipinski definition) is 3. The maximum Gasteiger partial charge on any atom is 0.186 e. The van der Waals surface area contributed by atoms with Gasteiger partial charge in [0.25, 0.3) is 0 Å². The van der Waals surface area contributed by atoms with Gasteiger partial charge in [0.15, 0.2) is 5.62 Å².